The van der Waals surface area contributed by atoms with Crippen LogP contribution in [0.25, 0.3) is 65.7 Å². The predicted octanol–water partition coefficient (Wildman–Crippen LogP) is 12.3. The van der Waals surface area contributed by atoms with Gasteiger partial charge in [0.2, 0.25) is 0 Å². The van der Waals surface area contributed by atoms with Gasteiger partial charge >= 0.3 is 0 Å². The number of hydrogen-bond acceptors (Lipinski definition) is 2. The van der Waals surface area contributed by atoms with Crippen molar-refractivity contribution in [2.45, 2.75) is 25.5 Å². The summed E-state index contributed by atoms with van der Waals surface area (Å²) in [6.45, 7) is 4.73. The maximum absolute atomic E-state index is 6.63. The lowest BCUT2D eigenvalue weighted by Gasteiger charge is -2.22. The Bertz CT molecular complexity index is 2600. The lowest BCUT2D eigenvalue weighted by atomic mass is 9.81. The fourth-order valence-electron chi connectivity index (χ4n) is 8.16. The van der Waals surface area contributed by atoms with Crippen molar-refractivity contribution in [2.24, 2.45) is 0 Å². The molecule has 0 fully saturated rings. The lowest BCUT2D eigenvalue weighted by molar-refractivity contribution is 0.263. The van der Waals surface area contributed by atoms with Gasteiger partial charge in [-0.1, -0.05) is 141 Å². The molecule has 8 aromatic rings. The van der Waals surface area contributed by atoms with E-state index in [1.807, 2.05) is 6.07 Å². The summed E-state index contributed by atoms with van der Waals surface area (Å²) >= 11 is 0. The van der Waals surface area contributed by atoms with Crippen LogP contribution in [0.2, 0.25) is 0 Å². The molecule has 1 atom stereocenters. The van der Waals surface area contributed by atoms with Gasteiger partial charge in [-0.3, -0.25) is 0 Å². The van der Waals surface area contributed by atoms with E-state index >= 15 is 0 Å². The summed E-state index contributed by atoms with van der Waals surface area (Å²) in [5.74, 6) is 0.924. The number of rotatable bonds is 3. The SMILES string of the molecule is CC1(C)c2cc(-c3cccc(-c4ccc5ccc6ccc7c(c6c5c4)OC(c4ccccc4)N7)c3)ccc2-c2c1ccc1ccccc21. The summed E-state index contributed by atoms with van der Waals surface area (Å²) in [6, 6.07) is 55.4. The second-order valence-corrected chi connectivity index (χ2v) is 13.8. The number of anilines is 1. The molecule has 0 radical (unpaired) electrons. The standard InChI is InChI=1S/C46H33NO/c1-46(2)39-23-20-28-9-6-7-14-36(28)43(39)37-22-19-35(27-40(37)46)33-13-8-12-32(25-33)34-18-16-29-15-17-30-21-24-41-44(42(30)38(29)26-34)48-45(47-41)31-10-4-3-5-11-31/h3-27,45,47H,1-2H3. The highest BCUT2D eigenvalue weighted by Gasteiger charge is 2.36. The third-order valence-electron chi connectivity index (χ3n) is 10.7. The molecule has 0 saturated carbocycles. The van der Waals surface area contributed by atoms with Crippen molar-refractivity contribution in [3.05, 3.63) is 168 Å². The van der Waals surface area contributed by atoms with E-state index in [-0.39, 0.29) is 11.6 Å². The Hall–Kier alpha value is -5.86. The summed E-state index contributed by atoms with van der Waals surface area (Å²) in [5, 5.41) is 11.0. The monoisotopic (exact) mass is 615 g/mol. The van der Waals surface area contributed by atoms with Crippen molar-refractivity contribution in [1.29, 1.82) is 0 Å². The van der Waals surface area contributed by atoms with E-state index in [0.29, 0.717) is 0 Å². The number of benzene rings is 8. The second-order valence-electron chi connectivity index (χ2n) is 13.8. The van der Waals surface area contributed by atoms with Crippen LogP contribution < -0.4 is 10.1 Å². The fraction of sp³-hybridized carbons (Fsp3) is 0.0870. The Balaban J connectivity index is 1.06. The van der Waals surface area contributed by atoms with Crippen molar-refractivity contribution in [2.75, 3.05) is 5.32 Å². The van der Waals surface area contributed by atoms with Gasteiger partial charge in [-0.05, 0) is 95.7 Å². The highest BCUT2D eigenvalue weighted by Crippen LogP contribution is 2.52. The molecule has 1 N–H and O–H groups in total. The Kier molecular flexibility index (Phi) is 5.72. The maximum atomic E-state index is 6.63. The van der Waals surface area contributed by atoms with Gasteiger partial charge < -0.3 is 10.1 Å². The summed E-state index contributed by atoms with van der Waals surface area (Å²) in [4.78, 5) is 0. The summed E-state index contributed by atoms with van der Waals surface area (Å²) < 4.78 is 6.63. The zero-order chi connectivity index (χ0) is 32.0. The Morgan fingerprint density at radius 2 is 1.19 bits per heavy atom. The molecule has 1 aliphatic carbocycles. The molecule has 0 bridgehead atoms. The van der Waals surface area contributed by atoms with E-state index in [9.17, 15) is 0 Å². The number of nitrogens with one attached hydrogen (secondary N) is 1. The Labute approximate surface area is 280 Å². The molecule has 0 saturated heterocycles. The van der Waals surface area contributed by atoms with Gasteiger partial charge in [-0.25, -0.2) is 0 Å². The predicted molar refractivity (Wildman–Crippen MR) is 201 cm³/mol. The maximum Gasteiger partial charge on any atom is 0.196 e. The minimum atomic E-state index is -0.203. The van der Waals surface area contributed by atoms with Crippen LogP contribution in [0.3, 0.4) is 0 Å². The molecule has 2 heteroatoms. The van der Waals surface area contributed by atoms with Crippen LogP contribution in [-0.4, -0.2) is 0 Å². The first-order chi connectivity index (χ1) is 23.5. The molecule has 2 aliphatic rings. The van der Waals surface area contributed by atoms with Crippen LogP contribution in [0.15, 0.2) is 152 Å². The highest BCUT2D eigenvalue weighted by molar-refractivity contribution is 6.14. The molecule has 228 valence electrons. The van der Waals surface area contributed by atoms with Crippen LogP contribution in [-0.2, 0) is 5.41 Å². The third kappa shape index (κ3) is 3.99. The first-order valence-electron chi connectivity index (χ1n) is 16.8. The van der Waals surface area contributed by atoms with Gasteiger partial charge in [0, 0.05) is 16.4 Å². The molecule has 8 aromatic carbocycles. The van der Waals surface area contributed by atoms with Crippen molar-refractivity contribution in [3.8, 4) is 39.1 Å². The van der Waals surface area contributed by atoms with Crippen molar-refractivity contribution >= 4 is 38.0 Å². The minimum Gasteiger partial charge on any atom is -0.464 e. The van der Waals surface area contributed by atoms with Crippen LogP contribution in [0, 0.1) is 0 Å². The zero-order valence-electron chi connectivity index (χ0n) is 26.9. The first kappa shape index (κ1) is 27.3. The van der Waals surface area contributed by atoms with Crippen LogP contribution in [0.4, 0.5) is 5.69 Å². The highest BCUT2D eigenvalue weighted by atomic mass is 16.5. The molecule has 0 spiro atoms. The largest absolute Gasteiger partial charge is 0.464 e. The topological polar surface area (TPSA) is 21.3 Å². The van der Waals surface area contributed by atoms with Gasteiger partial charge in [0.15, 0.2) is 12.0 Å². The number of ether oxygens (including phenoxy) is 1. The van der Waals surface area contributed by atoms with E-state index in [2.05, 4.69) is 165 Å². The van der Waals surface area contributed by atoms with E-state index in [1.165, 1.54) is 71.4 Å². The normalized spacial score (nSPS) is 15.6. The summed E-state index contributed by atoms with van der Waals surface area (Å²) in [5.41, 5.74) is 12.5. The lowest BCUT2D eigenvalue weighted by Crippen LogP contribution is -2.15. The average Bonchev–Trinajstić information content (AvgIpc) is 3.68. The van der Waals surface area contributed by atoms with Gasteiger partial charge in [0.05, 0.1) is 5.69 Å². The first-order valence-corrected chi connectivity index (χ1v) is 16.8. The summed E-state index contributed by atoms with van der Waals surface area (Å²) in [6.07, 6.45) is -0.203. The smallest absolute Gasteiger partial charge is 0.196 e. The third-order valence-corrected chi connectivity index (χ3v) is 10.7. The molecule has 0 amide bonds. The molecule has 48 heavy (non-hydrogen) atoms. The van der Waals surface area contributed by atoms with Gasteiger partial charge in [0.25, 0.3) is 0 Å². The molecule has 2 nitrogen and oxygen atoms in total. The van der Waals surface area contributed by atoms with Crippen molar-refractivity contribution in [3.63, 3.8) is 0 Å². The van der Waals surface area contributed by atoms with Crippen molar-refractivity contribution in [1.82, 2.24) is 0 Å². The second kappa shape index (κ2) is 10.1. The van der Waals surface area contributed by atoms with E-state index < -0.39 is 0 Å². The molecule has 10 rings (SSSR count). The van der Waals surface area contributed by atoms with E-state index in [0.717, 1.165) is 22.4 Å². The number of fused-ring (bicyclic) bond motifs is 10. The molecule has 1 aliphatic heterocycles. The Morgan fingerprint density at radius 3 is 2.06 bits per heavy atom. The summed E-state index contributed by atoms with van der Waals surface area (Å²) in [7, 11) is 0. The van der Waals surface area contributed by atoms with Crippen molar-refractivity contribution < 1.29 is 4.74 Å². The van der Waals surface area contributed by atoms with Crippen LogP contribution >= 0.6 is 0 Å². The zero-order valence-corrected chi connectivity index (χ0v) is 26.9. The van der Waals surface area contributed by atoms with E-state index in [4.69, 9.17) is 4.74 Å². The van der Waals surface area contributed by atoms with Gasteiger partial charge in [-0.15, -0.1) is 0 Å². The van der Waals surface area contributed by atoms with Gasteiger partial charge in [0.1, 0.15) is 0 Å². The molecular formula is C46H33NO. The molecule has 1 unspecified atom stereocenters. The quantitative estimate of drug-likeness (QED) is 0.200. The van der Waals surface area contributed by atoms with E-state index in [1.54, 1.807) is 0 Å². The molecular weight excluding hydrogens is 583 g/mol. The number of hydrogen-bond donors (Lipinski definition) is 1. The molecule has 0 aromatic heterocycles. The fourth-order valence-corrected chi connectivity index (χ4v) is 8.16. The minimum absolute atomic E-state index is 0.0710. The van der Waals surface area contributed by atoms with Crippen LogP contribution in [0.5, 0.6) is 5.75 Å². The average molecular weight is 616 g/mol. The van der Waals surface area contributed by atoms with Crippen LogP contribution in [0.1, 0.15) is 36.8 Å². The van der Waals surface area contributed by atoms with Gasteiger partial charge in [-0.2, -0.15) is 0 Å². The Morgan fingerprint density at radius 1 is 0.521 bits per heavy atom. The molecule has 1 heterocycles.